The largest absolute Gasteiger partial charge is 0.456 e. The quantitative estimate of drug-likeness (QED) is 0.162. The van der Waals surface area contributed by atoms with Gasteiger partial charge in [-0.15, -0.1) is 0 Å². The van der Waals surface area contributed by atoms with Gasteiger partial charge in [-0.2, -0.15) is 0 Å². The monoisotopic (exact) mass is 743 g/mol. The number of hydrogen-bond acceptors (Lipinski definition) is 6. The molecule has 0 aliphatic carbocycles. The van der Waals surface area contributed by atoms with Gasteiger partial charge in [-0.05, 0) is 83.9 Å². The van der Waals surface area contributed by atoms with E-state index < -0.39 is 0 Å². The summed E-state index contributed by atoms with van der Waals surface area (Å²) in [5.41, 5.74) is 14.6. The van der Waals surface area contributed by atoms with Crippen molar-refractivity contribution in [2.24, 2.45) is 0 Å². The van der Waals surface area contributed by atoms with Crippen LogP contribution in [0.4, 0.5) is 17.1 Å². The third-order valence-electron chi connectivity index (χ3n) is 10.8. The van der Waals surface area contributed by atoms with Gasteiger partial charge < -0.3 is 9.32 Å². The fraction of sp³-hybridized carbons (Fsp3) is 0. The summed E-state index contributed by atoms with van der Waals surface area (Å²) in [7, 11) is 0. The maximum absolute atomic E-state index is 6.19. The number of para-hydroxylation sites is 1. The van der Waals surface area contributed by atoms with E-state index in [1.807, 2.05) is 73.2 Å². The Balaban J connectivity index is 0.996. The molecule has 0 fully saturated rings. The molecule has 6 aromatic carbocycles. The summed E-state index contributed by atoms with van der Waals surface area (Å²) in [6, 6.07) is 63.0. The molecule has 0 radical (unpaired) electrons. The van der Waals surface area contributed by atoms with Crippen LogP contribution < -0.4 is 4.90 Å². The van der Waals surface area contributed by atoms with E-state index in [4.69, 9.17) is 19.4 Å². The van der Waals surface area contributed by atoms with Gasteiger partial charge >= 0.3 is 0 Å². The number of furan rings is 1. The molecule has 272 valence electrons. The highest BCUT2D eigenvalue weighted by molar-refractivity contribution is 6.11. The first kappa shape index (κ1) is 33.4. The zero-order valence-corrected chi connectivity index (χ0v) is 31.2. The minimum Gasteiger partial charge on any atom is -0.456 e. The van der Waals surface area contributed by atoms with E-state index in [0.29, 0.717) is 0 Å². The number of fused-ring (bicyclic) bond motifs is 5. The Bertz CT molecular complexity index is 3270. The molecule has 11 aromatic rings. The molecule has 0 saturated heterocycles. The number of pyridine rings is 4. The van der Waals surface area contributed by atoms with E-state index in [1.165, 1.54) is 0 Å². The lowest BCUT2D eigenvalue weighted by atomic mass is 10.0. The first-order chi connectivity index (χ1) is 28.7. The molecular weight excluding hydrogens is 711 g/mol. The summed E-state index contributed by atoms with van der Waals surface area (Å²) in [4.78, 5) is 21.6. The molecule has 0 atom stereocenters. The van der Waals surface area contributed by atoms with E-state index in [9.17, 15) is 0 Å². The molecule has 5 heterocycles. The molecule has 58 heavy (non-hydrogen) atoms. The maximum Gasteiger partial charge on any atom is 0.139 e. The zero-order valence-electron chi connectivity index (χ0n) is 31.2. The molecule has 0 spiro atoms. The number of rotatable bonds is 7. The second-order valence-corrected chi connectivity index (χ2v) is 14.3. The SMILES string of the molecule is c1ccc(-c2nc(-c3ccc(N(c4ccc(-c5ccc6cccnc6c5)cc4)c4ccc(-c5nccc6oc7ccccc7c56)cc4)cc3)cc3cccnc23)cc1. The molecule has 0 aliphatic rings. The molecule has 0 unspecified atom stereocenters. The minimum atomic E-state index is 0.826. The second-order valence-electron chi connectivity index (χ2n) is 14.3. The van der Waals surface area contributed by atoms with Crippen LogP contribution in [0.2, 0.25) is 0 Å². The van der Waals surface area contributed by atoms with Crippen LogP contribution in [0.5, 0.6) is 0 Å². The van der Waals surface area contributed by atoms with Crippen molar-refractivity contribution in [3.8, 4) is 44.9 Å². The highest BCUT2D eigenvalue weighted by Crippen LogP contribution is 2.40. The van der Waals surface area contributed by atoms with Crippen molar-refractivity contribution in [2.75, 3.05) is 4.90 Å². The van der Waals surface area contributed by atoms with Gasteiger partial charge in [0.2, 0.25) is 0 Å². The third kappa shape index (κ3) is 5.92. The summed E-state index contributed by atoms with van der Waals surface area (Å²) in [6.07, 6.45) is 5.49. The van der Waals surface area contributed by atoms with Crippen molar-refractivity contribution >= 4 is 60.8 Å². The van der Waals surface area contributed by atoms with Gasteiger partial charge in [-0.25, -0.2) is 4.98 Å². The van der Waals surface area contributed by atoms with Crippen LogP contribution in [0.1, 0.15) is 0 Å². The lowest BCUT2D eigenvalue weighted by molar-refractivity contribution is 0.668. The third-order valence-corrected chi connectivity index (χ3v) is 10.8. The summed E-state index contributed by atoms with van der Waals surface area (Å²) >= 11 is 0. The van der Waals surface area contributed by atoms with Crippen molar-refractivity contribution in [1.82, 2.24) is 19.9 Å². The average Bonchev–Trinajstić information content (AvgIpc) is 3.69. The molecule has 6 heteroatoms. The molecule has 0 amide bonds. The van der Waals surface area contributed by atoms with E-state index >= 15 is 0 Å². The van der Waals surface area contributed by atoms with Gasteiger partial charge in [0.1, 0.15) is 11.2 Å². The fourth-order valence-electron chi connectivity index (χ4n) is 7.96. The second kappa shape index (κ2) is 14.0. The summed E-state index contributed by atoms with van der Waals surface area (Å²) < 4.78 is 6.19. The molecule has 0 bridgehead atoms. The zero-order chi connectivity index (χ0) is 38.4. The summed E-state index contributed by atoms with van der Waals surface area (Å²) in [6.45, 7) is 0. The van der Waals surface area contributed by atoms with E-state index in [1.54, 1.807) is 0 Å². The van der Waals surface area contributed by atoms with Gasteiger partial charge in [0.05, 0.1) is 33.5 Å². The number of hydrogen-bond donors (Lipinski definition) is 0. The lowest BCUT2D eigenvalue weighted by Crippen LogP contribution is -2.09. The first-order valence-electron chi connectivity index (χ1n) is 19.3. The Labute approximate surface area is 334 Å². The van der Waals surface area contributed by atoms with Crippen molar-refractivity contribution in [2.45, 2.75) is 0 Å². The van der Waals surface area contributed by atoms with E-state index in [0.717, 1.165) is 106 Å². The molecule has 11 rings (SSSR count). The smallest absolute Gasteiger partial charge is 0.139 e. The van der Waals surface area contributed by atoms with Crippen LogP contribution >= 0.6 is 0 Å². The molecule has 0 N–H and O–H groups in total. The highest BCUT2D eigenvalue weighted by Gasteiger charge is 2.18. The van der Waals surface area contributed by atoms with Gasteiger partial charge in [0.25, 0.3) is 0 Å². The number of nitrogens with zero attached hydrogens (tertiary/aromatic N) is 5. The standard InChI is InChI=1S/C52H33N5O/c1-2-8-37(9-3-1)52-51-40(11-7-30-54-51)33-46(56-52)36-18-24-42(25-19-36)57(41-22-16-34(17-23-41)39-15-14-35-10-6-29-53-45(35)32-39)43-26-20-38(21-27-43)50-49-44-12-4-5-13-47(44)58-48(49)28-31-55-50/h1-33H. The van der Waals surface area contributed by atoms with E-state index in [-0.39, 0.29) is 0 Å². The predicted octanol–water partition coefficient (Wildman–Crippen LogP) is 13.6. The number of anilines is 3. The Morgan fingerprint density at radius 1 is 0.397 bits per heavy atom. The minimum absolute atomic E-state index is 0.826. The van der Waals surface area contributed by atoms with E-state index in [2.05, 4.69) is 137 Å². The topological polar surface area (TPSA) is 67.9 Å². The summed E-state index contributed by atoms with van der Waals surface area (Å²) in [5.74, 6) is 0. The van der Waals surface area contributed by atoms with Crippen molar-refractivity contribution < 1.29 is 4.42 Å². The Kier molecular flexibility index (Phi) is 8.04. The van der Waals surface area contributed by atoms with Gasteiger partial charge in [-0.1, -0.05) is 109 Å². The normalized spacial score (nSPS) is 11.4. The Hall–Kier alpha value is -7.96. The highest BCUT2D eigenvalue weighted by atomic mass is 16.3. The van der Waals surface area contributed by atoms with Gasteiger partial charge in [0.15, 0.2) is 0 Å². The predicted molar refractivity (Wildman–Crippen MR) is 236 cm³/mol. The number of benzene rings is 6. The maximum atomic E-state index is 6.19. The fourth-order valence-corrected chi connectivity index (χ4v) is 7.96. The number of aromatic nitrogens is 4. The van der Waals surface area contributed by atoms with Gasteiger partial charge in [0, 0.05) is 68.5 Å². The van der Waals surface area contributed by atoms with Crippen LogP contribution in [-0.2, 0) is 0 Å². The summed E-state index contributed by atoms with van der Waals surface area (Å²) in [5, 5.41) is 4.25. The van der Waals surface area contributed by atoms with Crippen molar-refractivity contribution in [1.29, 1.82) is 0 Å². The van der Waals surface area contributed by atoms with Crippen LogP contribution in [0, 0.1) is 0 Å². The van der Waals surface area contributed by atoms with Crippen LogP contribution in [0.25, 0.3) is 88.6 Å². The van der Waals surface area contributed by atoms with Crippen molar-refractivity contribution in [3.05, 3.63) is 201 Å². The average molecular weight is 744 g/mol. The first-order valence-corrected chi connectivity index (χ1v) is 19.3. The Morgan fingerprint density at radius 3 is 1.81 bits per heavy atom. The molecular formula is C52H33N5O. The van der Waals surface area contributed by atoms with Crippen LogP contribution in [0.3, 0.4) is 0 Å². The van der Waals surface area contributed by atoms with Crippen LogP contribution in [-0.4, -0.2) is 19.9 Å². The Morgan fingerprint density at radius 2 is 1.03 bits per heavy atom. The lowest BCUT2D eigenvalue weighted by Gasteiger charge is -2.26. The van der Waals surface area contributed by atoms with Crippen LogP contribution in [0.15, 0.2) is 205 Å². The molecule has 0 aliphatic heterocycles. The molecule has 0 saturated carbocycles. The van der Waals surface area contributed by atoms with Gasteiger partial charge in [-0.3, -0.25) is 15.0 Å². The molecule has 6 nitrogen and oxygen atoms in total. The van der Waals surface area contributed by atoms with Crippen molar-refractivity contribution in [3.63, 3.8) is 0 Å². The molecule has 5 aromatic heterocycles.